The molecule has 2 unspecified atom stereocenters. The van der Waals surface area contributed by atoms with Crippen molar-refractivity contribution in [3.05, 3.63) is 0 Å². The van der Waals surface area contributed by atoms with Crippen molar-refractivity contribution in [2.24, 2.45) is 0 Å². The molecular weight excluding hydrogens is 196 g/mol. The van der Waals surface area contributed by atoms with Crippen LogP contribution in [0, 0.1) is 0 Å². The van der Waals surface area contributed by atoms with Crippen LogP contribution in [0.15, 0.2) is 0 Å². The zero-order valence-electron chi connectivity index (χ0n) is 11.1. The molecule has 1 N–H and O–H groups in total. The van der Waals surface area contributed by atoms with E-state index in [4.69, 9.17) is 0 Å². The summed E-state index contributed by atoms with van der Waals surface area (Å²) in [6.07, 6.45) is 9.75. The summed E-state index contributed by atoms with van der Waals surface area (Å²) in [7, 11) is 0. The van der Waals surface area contributed by atoms with Crippen molar-refractivity contribution in [2.45, 2.75) is 70.4 Å². The summed E-state index contributed by atoms with van der Waals surface area (Å²) in [5.74, 6) is 0. The van der Waals surface area contributed by atoms with Crippen molar-refractivity contribution in [3.8, 4) is 0 Å². The molecule has 2 heterocycles. The summed E-state index contributed by atoms with van der Waals surface area (Å²) in [4.78, 5) is 2.75. The highest BCUT2D eigenvalue weighted by Crippen LogP contribution is 2.25. The molecule has 2 saturated heterocycles. The molecule has 2 aliphatic heterocycles. The van der Waals surface area contributed by atoms with Gasteiger partial charge in [0.15, 0.2) is 0 Å². The Hall–Kier alpha value is -0.0800. The van der Waals surface area contributed by atoms with E-state index in [9.17, 15) is 0 Å². The van der Waals surface area contributed by atoms with Crippen LogP contribution < -0.4 is 5.32 Å². The van der Waals surface area contributed by atoms with Crippen LogP contribution in [0.2, 0.25) is 0 Å². The van der Waals surface area contributed by atoms with Gasteiger partial charge in [-0.15, -0.1) is 0 Å². The van der Waals surface area contributed by atoms with Crippen LogP contribution in [0.3, 0.4) is 0 Å². The smallest absolute Gasteiger partial charge is 0.0280 e. The van der Waals surface area contributed by atoms with E-state index in [-0.39, 0.29) is 0 Å². The van der Waals surface area contributed by atoms with E-state index in [0.717, 1.165) is 6.04 Å². The van der Waals surface area contributed by atoms with E-state index in [1.807, 2.05) is 0 Å². The number of hydrogen-bond acceptors (Lipinski definition) is 2. The van der Waals surface area contributed by atoms with Gasteiger partial charge in [-0.05, 0) is 52.1 Å². The van der Waals surface area contributed by atoms with Crippen LogP contribution in [0.25, 0.3) is 0 Å². The van der Waals surface area contributed by atoms with Crippen molar-refractivity contribution in [1.82, 2.24) is 10.2 Å². The summed E-state index contributed by atoms with van der Waals surface area (Å²) in [5.41, 5.74) is 0.392. The SMILES string of the molecule is CCC1CCCCN1CC1(C)CCCCN1. The Morgan fingerprint density at radius 2 is 2.12 bits per heavy atom. The van der Waals surface area contributed by atoms with Crippen LogP contribution in [-0.2, 0) is 0 Å². The van der Waals surface area contributed by atoms with Gasteiger partial charge in [0.1, 0.15) is 0 Å². The molecule has 0 saturated carbocycles. The predicted octanol–water partition coefficient (Wildman–Crippen LogP) is 2.78. The lowest BCUT2D eigenvalue weighted by atomic mass is 9.88. The molecule has 0 aromatic heterocycles. The van der Waals surface area contributed by atoms with Gasteiger partial charge in [0.2, 0.25) is 0 Å². The largest absolute Gasteiger partial charge is 0.310 e. The summed E-state index contributed by atoms with van der Waals surface area (Å²) < 4.78 is 0. The fourth-order valence-corrected chi connectivity index (χ4v) is 3.43. The second-order valence-corrected chi connectivity index (χ2v) is 5.97. The molecule has 2 nitrogen and oxygen atoms in total. The first-order chi connectivity index (χ1) is 7.73. The van der Waals surface area contributed by atoms with E-state index in [0.29, 0.717) is 5.54 Å². The maximum Gasteiger partial charge on any atom is 0.0280 e. The van der Waals surface area contributed by atoms with Gasteiger partial charge >= 0.3 is 0 Å². The first-order valence-electron chi connectivity index (χ1n) is 7.22. The molecule has 0 aromatic rings. The summed E-state index contributed by atoms with van der Waals surface area (Å²) in [6, 6.07) is 0.856. The summed E-state index contributed by atoms with van der Waals surface area (Å²) >= 11 is 0. The van der Waals surface area contributed by atoms with E-state index < -0.39 is 0 Å². The van der Waals surface area contributed by atoms with Crippen molar-refractivity contribution < 1.29 is 0 Å². The Bertz CT molecular complexity index is 209. The zero-order chi connectivity index (χ0) is 11.4. The fraction of sp³-hybridized carbons (Fsp3) is 1.00. The fourth-order valence-electron chi connectivity index (χ4n) is 3.43. The van der Waals surface area contributed by atoms with Crippen molar-refractivity contribution >= 4 is 0 Å². The molecule has 94 valence electrons. The van der Waals surface area contributed by atoms with Gasteiger partial charge in [-0.25, -0.2) is 0 Å². The van der Waals surface area contributed by atoms with E-state index >= 15 is 0 Å². The normalized spacial score (nSPS) is 37.5. The minimum absolute atomic E-state index is 0.392. The maximum atomic E-state index is 3.75. The third kappa shape index (κ3) is 2.98. The van der Waals surface area contributed by atoms with Gasteiger partial charge in [-0.1, -0.05) is 19.8 Å². The van der Waals surface area contributed by atoms with E-state index in [2.05, 4.69) is 24.1 Å². The highest BCUT2D eigenvalue weighted by molar-refractivity contribution is 4.91. The first kappa shape index (κ1) is 12.4. The van der Waals surface area contributed by atoms with Gasteiger partial charge < -0.3 is 5.32 Å². The lowest BCUT2D eigenvalue weighted by Crippen LogP contribution is -2.56. The zero-order valence-corrected chi connectivity index (χ0v) is 11.1. The molecule has 2 atom stereocenters. The molecule has 2 aliphatic rings. The molecule has 0 aromatic carbocycles. The third-order valence-corrected chi connectivity index (χ3v) is 4.48. The lowest BCUT2D eigenvalue weighted by molar-refractivity contribution is 0.0916. The molecule has 2 fully saturated rings. The predicted molar refractivity (Wildman–Crippen MR) is 69.8 cm³/mol. The summed E-state index contributed by atoms with van der Waals surface area (Å²) in [5, 5.41) is 3.75. The van der Waals surface area contributed by atoms with Crippen LogP contribution >= 0.6 is 0 Å². The van der Waals surface area contributed by atoms with E-state index in [1.54, 1.807) is 0 Å². The van der Waals surface area contributed by atoms with Gasteiger partial charge in [0.05, 0.1) is 0 Å². The Morgan fingerprint density at radius 3 is 2.81 bits per heavy atom. The molecule has 16 heavy (non-hydrogen) atoms. The number of nitrogens with zero attached hydrogens (tertiary/aromatic N) is 1. The molecule has 0 spiro atoms. The number of rotatable bonds is 3. The van der Waals surface area contributed by atoms with Gasteiger partial charge in [-0.2, -0.15) is 0 Å². The molecule has 2 rings (SSSR count). The van der Waals surface area contributed by atoms with Crippen molar-refractivity contribution in [3.63, 3.8) is 0 Å². The molecule has 0 aliphatic carbocycles. The Morgan fingerprint density at radius 1 is 1.25 bits per heavy atom. The second-order valence-electron chi connectivity index (χ2n) is 5.97. The number of hydrogen-bond donors (Lipinski definition) is 1. The number of nitrogens with one attached hydrogen (secondary N) is 1. The van der Waals surface area contributed by atoms with E-state index in [1.165, 1.54) is 64.6 Å². The van der Waals surface area contributed by atoms with Crippen LogP contribution in [-0.4, -0.2) is 36.1 Å². The Labute approximate surface area is 101 Å². The van der Waals surface area contributed by atoms with Gasteiger partial charge in [0.25, 0.3) is 0 Å². The number of piperidine rings is 2. The monoisotopic (exact) mass is 224 g/mol. The second kappa shape index (κ2) is 5.50. The van der Waals surface area contributed by atoms with Crippen LogP contribution in [0.4, 0.5) is 0 Å². The van der Waals surface area contributed by atoms with Crippen molar-refractivity contribution in [1.29, 1.82) is 0 Å². The van der Waals surface area contributed by atoms with Crippen LogP contribution in [0.5, 0.6) is 0 Å². The average molecular weight is 224 g/mol. The topological polar surface area (TPSA) is 15.3 Å². The molecule has 0 radical (unpaired) electrons. The van der Waals surface area contributed by atoms with Gasteiger partial charge in [-0.3, -0.25) is 4.90 Å². The molecular formula is C14H28N2. The lowest BCUT2D eigenvalue weighted by Gasteiger charge is -2.44. The third-order valence-electron chi connectivity index (χ3n) is 4.48. The Kier molecular flexibility index (Phi) is 4.26. The molecule has 0 bridgehead atoms. The minimum atomic E-state index is 0.392. The highest BCUT2D eigenvalue weighted by Gasteiger charge is 2.31. The number of likely N-dealkylation sites (tertiary alicyclic amines) is 1. The van der Waals surface area contributed by atoms with Crippen LogP contribution in [0.1, 0.15) is 58.8 Å². The first-order valence-corrected chi connectivity index (χ1v) is 7.22. The summed E-state index contributed by atoms with van der Waals surface area (Å²) in [6.45, 7) is 8.59. The standard InChI is InChI=1S/C14H28N2/c1-3-13-8-4-7-11-16(13)12-14(2)9-5-6-10-15-14/h13,15H,3-12H2,1-2H3. The van der Waals surface area contributed by atoms with Crippen molar-refractivity contribution in [2.75, 3.05) is 19.6 Å². The average Bonchev–Trinajstić information content (AvgIpc) is 2.30. The molecule has 2 heteroatoms. The quantitative estimate of drug-likeness (QED) is 0.793. The van der Waals surface area contributed by atoms with Gasteiger partial charge in [0, 0.05) is 18.1 Å². The highest BCUT2D eigenvalue weighted by atomic mass is 15.2. The Balaban J connectivity index is 1.90. The minimum Gasteiger partial charge on any atom is -0.310 e. The maximum absolute atomic E-state index is 3.75. The molecule has 0 amide bonds.